The van der Waals surface area contributed by atoms with Crippen molar-refractivity contribution in [2.24, 2.45) is 7.05 Å². The Labute approximate surface area is 223 Å². The van der Waals surface area contributed by atoms with Gasteiger partial charge in [0.1, 0.15) is 11.2 Å². The molecule has 0 aliphatic rings. The molecule has 0 aliphatic carbocycles. The Balaban J connectivity index is 1.31. The monoisotopic (exact) mass is 525 g/mol. The van der Waals surface area contributed by atoms with Gasteiger partial charge in [-0.1, -0.05) is 48.0 Å². The van der Waals surface area contributed by atoms with Gasteiger partial charge in [0.15, 0.2) is 0 Å². The van der Waals surface area contributed by atoms with Gasteiger partial charge in [0.2, 0.25) is 0 Å². The lowest BCUT2D eigenvalue weighted by Crippen LogP contribution is -2.23. The number of rotatable bonds is 6. The quantitative estimate of drug-likeness (QED) is 0.234. The van der Waals surface area contributed by atoms with Crippen molar-refractivity contribution in [3.05, 3.63) is 117 Å². The zero-order valence-corrected chi connectivity index (χ0v) is 21.2. The predicted molar refractivity (Wildman–Crippen MR) is 150 cm³/mol. The number of H-pyrrole nitrogens is 1. The number of benzene rings is 3. The Morgan fingerprint density at radius 1 is 0.974 bits per heavy atom. The van der Waals surface area contributed by atoms with Crippen molar-refractivity contribution in [3.63, 3.8) is 0 Å². The molecule has 5 N–H and O–H groups in total. The molecule has 0 saturated heterocycles. The molecule has 5 rings (SSSR count). The second-order valence-corrected chi connectivity index (χ2v) is 9.30. The first-order chi connectivity index (χ1) is 18.3. The molecule has 0 atom stereocenters. The number of para-hydroxylation sites is 2. The van der Waals surface area contributed by atoms with Gasteiger partial charge in [0.05, 0.1) is 11.4 Å². The van der Waals surface area contributed by atoms with Crippen LogP contribution < -0.4 is 21.9 Å². The van der Waals surface area contributed by atoms with E-state index in [4.69, 9.17) is 17.3 Å². The van der Waals surface area contributed by atoms with Crippen molar-refractivity contribution in [1.29, 1.82) is 0 Å². The number of carbonyl (C=O) groups excluding carboxylic acids is 2. The van der Waals surface area contributed by atoms with E-state index in [-0.39, 0.29) is 29.6 Å². The first-order valence-corrected chi connectivity index (χ1v) is 12.2. The summed E-state index contributed by atoms with van der Waals surface area (Å²) in [6, 6.07) is 22.9. The number of aromatic nitrogens is 2. The number of nitrogens with one attached hydrogen (secondary N) is 3. The molecule has 2 heterocycles. The SMILES string of the molecule is Cn1cc(-c2cccc(Cl)c2)c2cc(C(=O)NCc3ccc(C(=O)Nc4ccccc4N)cc3)[nH]c2c1=O. The third-order valence-corrected chi connectivity index (χ3v) is 6.46. The molecule has 0 saturated carbocycles. The van der Waals surface area contributed by atoms with E-state index in [1.165, 1.54) is 4.57 Å². The fraction of sp³-hybridized carbons (Fsp3) is 0.0690. The van der Waals surface area contributed by atoms with Crippen molar-refractivity contribution in [2.45, 2.75) is 6.54 Å². The van der Waals surface area contributed by atoms with Crippen molar-refractivity contribution in [3.8, 4) is 11.1 Å². The summed E-state index contributed by atoms with van der Waals surface area (Å²) < 4.78 is 1.47. The average Bonchev–Trinajstić information content (AvgIpc) is 3.37. The summed E-state index contributed by atoms with van der Waals surface area (Å²) in [5, 5.41) is 6.85. The zero-order chi connectivity index (χ0) is 26.8. The van der Waals surface area contributed by atoms with Gasteiger partial charge in [0, 0.05) is 41.3 Å². The summed E-state index contributed by atoms with van der Waals surface area (Å²) in [7, 11) is 1.66. The number of nitrogens with two attached hydrogens (primary N) is 1. The Morgan fingerprint density at radius 3 is 2.47 bits per heavy atom. The fourth-order valence-electron chi connectivity index (χ4n) is 4.20. The van der Waals surface area contributed by atoms with Gasteiger partial charge < -0.3 is 25.9 Å². The number of carbonyl (C=O) groups is 2. The molecule has 0 radical (unpaired) electrons. The molecule has 8 nitrogen and oxygen atoms in total. The van der Waals surface area contributed by atoms with Crippen LogP contribution >= 0.6 is 11.6 Å². The van der Waals surface area contributed by atoms with Gasteiger partial charge in [-0.15, -0.1) is 0 Å². The molecule has 190 valence electrons. The van der Waals surface area contributed by atoms with Gasteiger partial charge in [0.25, 0.3) is 17.4 Å². The number of hydrogen-bond acceptors (Lipinski definition) is 4. The number of anilines is 2. The highest BCUT2D eigenvalue weighted by atomic mass is 35.5. The maximum Gasteiger partial charge on any atom is 0.274 e. The van der Waals surface area contributed by atoms with E-state index in [9.17, 15) is 14.4 Å². The van der Waals surface area contributed by atoms with Crippen LogP contribution in [0.15, 0.2) is 89.9 Å². The minimum absolute atomic E-state index is 0.237. The third kappa shape index (κ3) is 5.02. The topological polar surface area (TPSA) is 122 Å². The molecule has 2 amide bonds. The number of amides is 2. The van der Waals surface area contributed by atoms with Gasteiger partial charge >= 0.3 is 0 Å². The highest BCUT2D eigenvalue weighted by Crippen LogP contribution is 2.29. The molecular weight excluding hydrogens is 502 g/mol. The van der Waals surface area contributed by atoms with E-state index in [0.717, 1.165) is 16.7 Å². The summed E-state index contributed by atoms with van der Waals surface area (Å²) in [5.74, 6) is -0.643. The second kappa shape index (κ2) is 10.3. The van der Waals surface area contributed by atoms with Crippen molar-refractivity contribution in [1.82, 2.24) is 14.9 Å². The van der Waals surface area contributed by atoms with Crippen molar-refractivity contribution < 1.29 is 9.59 Å². The lowest BCUT2D eigenvalue weighted by atomic mass is 10.0. The first-order valence-electron chi connectivity index (χ1n) is 11.8. The molecule has 0 aliphatic heterocycles. The summed E-state index contributed by atoms with van der Waals surface area (Å²) in [4.78, 5) is 41.2. The number of hydrogen-bond donors (Lipinski definition) is 4. The molecule has 0 bridgehead atoms. The van der Waals surface area contributed by atoms with Crippen LogP contribution in [0.5, 0.6) is 0 Å². The molecule has 2 aromatic heterocycles. The van der Waals surface area contributed by atoms with Gasteiger partial charge in [-0.25, -0.2) is 0 Å². The highest BCUT2D eigenvalue weighted by Gasteiger charge is 2.16. The smallest absolute Gasteiger partial charge is 0.274 e. The Hall–Kier alpha value is -4.82. The van der Waals surface area contributed by atoms with Crippen LogP contribution in [-0.4, -0.2) is 21.4 Å². The molecule has 9 heteroatoms. The molecule has 3 aromatic carbocycles. The van der Waals surface area contributed by atoms with Gasteiger partial charge in [-0.3, -0.25) is 14.4 Å². The maximum absolute atomic E-state index is 12.9. The number of aryl methyl sites for hydroxylation is 1. The molecular formula is C29H24ClN5O3. The third-order valence-electron chi connectivity index (χ3n) is 6.22. The number of pyridine rings is 1. The number of nitrogen functional groups attached to an aromatic ring is 1. The van der Waals surface area contributed by atoms with Crippen LogP contribution in [0.2, 0.25) is 5.02 Å². The van der Waals surface area contributed by atoms with E-state index in [1.54, 1.807) is 73.9 Å². The van der Waals surface area contributed by atoms with Crippen LogP contribution in [0.3, 0.4) is 0 Å². The van der Waals surface area contributed by atoms with Gasteiger partial charge in [-0.05, 0) is 53.6 Å². The van der Waals surface area contributed by atoms with E-state index in [2.05, 4.69) is 15.6 Å². The Bertz CT molecular complexity index is 1740. The highest BCUT2D eigenvalue weighted by molar-refractivity contribution is 6.30. The molecule has 38 heavy (non-hydrogen) atoms. The van der Waals surface area contributed by atoms with Crippen LogP contribution in [0.1, 0.15) is 26.4 Å². The normalized spacial score (nSPS) is 10.9. The van der Waals surface area contributed by atoms with E-state index >= 15 is 0 Å². The van der Waals surface area contributed by atoms with Crippen LogP contribution in [0.4, 0.5) is 11.4 Å². The fourth-order valence-corrected chi connectivity index (χ4v) is 4.39. The first kappa shape index (κ1) is 24.9. The summed E-state index contributed by atoms with van der Waals surface area (Å²) in [6.07, 6.45) is 1.73. The summed E-state index contributed by atoms with van der Waals surface area (Å²) >= 11 is 6.17. The average molecular weight is 526 g/mol. The predicted octanol–water partition coefficient (Wildman–Crippen LogP) is 4.95. The van der Waals surface area contributed by atoms with E-state index < -0.39 is 0 Å². The van der Waals surface area contributed by atoms with E-state index in [1.807, 2.05) is 18.2 Å². The summed E-state index contributed by atoms with van der Waals surface area (Å²) in [6.45, 7) is 0.237. The molecule has 0 spiro atoms. The second-order valence-electron chi connectivity index (χ2n) is 8.86. The Morgan fingerprint density at radius 2 is 1.74 bits per heavy atom. The molecule has 0 unspecified atom stereocenters. The van der Waals surface area contributed by atoms with Crippen LogP contribution in [0, 0.1) is 0 Å². The summed E-state index contributed by atoms with van der Waals surface area (Å²) in [5.41, 5.74) is 10.2. The number of halogens is 1. The number of fused-ring (bicyclic) bond motifs is 1. The number of aromatic amines is 1. The maximum atomic E-state index is 12.9. The van der Waals surface area contributed by atoms with Gasteiger partial charge in [-0.2, -0.15) is 0 Å². The Kier molecular flexibility index (Phi) is 6.72. The molecule has 0 fully saturated rings. The lowest BCUT2D eigenvalue weighted by Gasteiger charge is -2.09. The van der Waals surface area contributed by atoms with Crippen molar-refractivity contribution in [2.75, 3.05) is 11.1 Å². The largest absolute Gasteiger partial charge is 0.397 e. The minimum Gasteiger partial charge on any atom is -0.397 e. The van der Waals surface area contributed by atoms with Crippen LogP contribution in [0.25, 0.3) is 22.0 Å². The zero-order valence-electron chi connectivity index (χ0n) is 20.4. The van der Waals surface area contributed by atoms with Crippen LogP contribution in [-0.2, 0) is 13.6 Å². The lowest BCUT2D eigenvalue weighted by molar-refractivity contribution is 0.0945. The van der Waals surface area contributed by atoms with Crippen molar-refractivity contribution >= 4 is 45.7 Å². The number of nitrogens with zero attached hydrogens (tertiary/aromatic N) is 1. The molecule has 5 aromatic rings. The minimum atomic E-state index is -0.360. The van der Waals surface area contributed by atoms with E-state index in [0.29, 0.717) is 32.9 Å². The standard InChI is InChI=1S/C29H24ClN5O3/c1-35-16-22(19-5-4-6-20(30)13-19)21-14-25(33-26(21)29(35)38)28(37)32-15-17-9-11-18(12-10-17)27(36)34-24-8-3-2-7-23(24)31/h2-14,16,33H,15,31H2,1H3,(H,32,37)(H,34,36).